The third-order valence-corrected chi connectivity index (χ3v) is 4.81. The van der Waals surface area contributed by atoms with E-state index in [9.17, 15) is 9.90 Å². The number of carbonyl (C=O) groups is 1. The van der Waals surface area contributed by atoms with E-state index in [1.807, 2.05) is 4.90 Å². The highest BCUT2D eigenvalue weighted by Gasteiger charge is 2.53. The predicted molar refractivity (Wildman–Crippen MR) is 64.6 cm³/mol. The molecule has 96 valence electrons. The van der Waals surface area contributed by atoms with Gasteiger partial charge < -0.3 is 15.3 Å². The minimum Gasteiger partial charge on any atom is -0.394 e. The molecule has 0 aromatic carbocycles. The molecule has 0 spiro atoms. The molecule has 2 saturated heterocycles. The van der Waals surface area contributed by atoms with E-state index in [1.54, 1.807) is 0 Å². The zero-order valence-corrected chi connectivity index (χ0v) is 10.3. The lowest BCUT2D eigenvalue weighted by atomic mass is 9.88. The van der Waals surface area contributed by atoms with Gasteiger partial charge in [0.2, 0.25) is 5.91 Å². The van der Waals surface area contributed by atoms with Gasteiger partial charge in [0, 0.05) is 19.0 Å². The molecule has 0 radical (unpaired) electrons. The number of aliphatic hydroxyl groups is 1. The van der Waals surface area contributed by atoms with Crippen LogP contribution < -0.4 is 5.32 Å². The van der Waals surface area contributed by atoms with Crippen LogP contribution in [0.1, 0.15) is 44.9 Å². The zero-order valence-electron chi connectivity index (χ0n) is 10.3. The maximum absolute atomic E-state index is 12.0. The molecule has 2 aliphatic heterocycles. The summed E-state index contributed by atoms with van der Waals surface area (Å²) in [5.41, 5.74) is -0.345. The van der Waals surface area contributed by atoms with Crippen molar-refractivity contribution >= 4 is 5.91 Å². The molecule has 1 amide bonds. The Bertz CT molecular complexity index is 315. The maximum Gasteiger partial charge on any atom is 0.224 e. The Balaban J connectivity index is 1.78. The van der Waals surface area contributed by atoms with Gasteiger partial charge in [-0.15, -0.1) is 0 Å². The lowest BCUT2D eigenvalue weighted by molar-refractivity contribution is -0.127. The molecule has 17 heavy (non-hydrogen) atoms. The summed E-state index contributed by atoms with van der Waals surface area (Å²) in [5, 5.41) is 13.4. The third-order valence-electron chi connectivity index (χ3n) is 4.81. The Morgan fingerprint density at radius 2 is 2.06 bits per heavy atom. The van der Waals surface area contributed by atoms with Crippen LogP contribution in [-0.4, -0.2) is 46.7 Å². The van der Waals surface area contributed by atoms with Gasteiger partial charge in [-0.05, 0) is 25.7 Å². The lowest BCUT2D eigenvalue weighted by Crippen LogP contribution is -2.58. The van der Waals surface area contributed by atoms with E-state index in [0.717, 1.165) is 19.4 Å². The maximum atomic E-state index is 12.0. The van der Waals surface area contributed by atoms with Crippen LogP contribution in [0.4, 0.5) is 0 Å². The molecule has 3 fully saturated rings. The van der Waals surface area contributed by atoms with Crippen molar-refractivity contribution in [3.05, 3.63) is 0 Å². The Hall–Kier alpha value is -0.610. The molecule has 2 unspecified atom stereocenters. The van der Waals surface area contributed by atoms with Gasteiger partial charge in [0.05, 0.1) is 18.2 Å². The van der Waals surface area contributed by atoms with Gasteiger partial charge in [-0.1, -0.05) is 12.8 Å². The number of amides is 1. The van der Waals surface area contributed by atoms with Crippen molar-refractivity contribution in [1.29, 1.82) is 0 Å². The first-order valence-electron chi connectivity index (χ1n) is 6.93. The fourth-order valence-corrected chi connectivity index (χ4v) is 3.96. The van der Waals surface area contributed by atoms with Crippen LogP contribution >= 0.6 is 0 Å². The number of hydrogen-bond donors (Lipinski definition) is 2. The largest absolute Gasteiger partial charge is 0.394 e. The predicted octanol–water partition coefficient (Wildman–Crippen LogP) is 0.644. The van der Waals surface area contributed by atoms with Crippen molar-refractivity contribution in [1.82, 2.24) is 10.2 Å². The quantitative estimate of drug-likeness (QED) is 0.759. The molecule has 0 bridgehead atoms. The molecule has 1 saturated carbocycles. The van der Waals surface area contributed by atoms with Crippen molar-refractivity contribution in [2.75, 3.05) is 13.2 Å². The standard InChI is InChI=1S/C13H22N2O2/c16-9-13(14-10-4-1-2-5-10)8-12(17)15-7-3-6-11(13)15/h10-11,14,16H,1-9H2. The van der Waals surface area contributed by atoms with Crippen molar-refractivity contribution < 1.29 is 9.90 Å². The van der Waals surface area contributed by atoms with Gasteiger partial charge >= 0.3 is 0 Å². The monoisotopic (exact) mass is 238 g/mol. The summed E-state index contributed by atoms with van der Waals surface area (Å²) >= 11 is 0. The van der Waals surface area contributed by atoms with Crippen LogP contribution in [0, 0.1) is 0 Å². The van der Waals surface area contributed by atoms with E-state index in [4.69, 9.17) is 0 Å². The molecular weight excluding hydrogens is 216 g/mol. The number of carbonyl (C=O) groups excluding carboxylic acids is 1. The normalized spacial score (nSPS) is 38.1. The van der Waals surface area contributed by atoms with Gasteiger partial charge in [0.1, 0.15) is 0 Å². The molecule has 1 aliphatic carbocycles. The van der Waals surface area contributed by atoms with Gasteiger partial charge in [-0.3, -0.25) is 4.79 Å². The van der Waals surface area contributed by atoms with Crippen LogP contribution in [0.2, 0.25) is 0 Å². The summed E-state index contributed by atoms with van der Waals surface area (Å²) in [6, 6.07) is 0.746. The van der Waals surface area contributed by atoms with Crippen molar-refractivity contribution in [2.24, 2.45) is 0 Å². The number of rotatable bonds is 3. The smallest absolute Gasteiger partial charge is 0.224 e. The van der Waals surface area contributed by atoms with Gasteiger partial charge in [-0.2, -0.15) is 0 Å². The van der Waals surface area contributed by atoms with E-state index in [2.05, 4.69) is 5.32 Å². The van der Waals surface area contributed by atoms with E-state index in [-0.39, 0.29) is 24.1 Å². The second kappa shape index (κ2) is 4.25. The van der Waals surface area contributed by atoms with Crippen molar-refractivity contribution in [2.45, 2.75) is 62.6 Å². The zero-order chi connectivity index (χ0) is 11.9. The highest BCUT2D eigenvalue weighted by molar-refractivity contribution is 5.81. The Kier molecular flexibility index (Phi) is 2.87. The Morgan fingerprint density at radius 3 is 2.76 bits per heavy atom. The Labute approximate surface area is 102 Å². The van der Waals surface area contributed by atoms with Crippen LogP contribution in [0.5, 0.6) is 0 Å². The molecule has 2 heterocycles. The highest BCUT2D eigenvalue weighted by atomic mass is 16.3. The van der Waals surface area contributed by atoms with Crippen LogP contribution in [0.15, 0.2) is 0 Å². The van der Waals surface area contributed by atoms with Gasteiger partial charge in [-0.25, -0.2) is 0 Å². The molecule has 4 heteroatoms. The SMILES string of the molecule is O=C1CC(CO)(NC2CCCC2)C2CCCN12. The van der Waals surface area contributed by atoms with Gasteiger partial charge in [0.15, 0.2) is 0 Å². The summed E-state index contributed by atoms with van der Waals surface area (Å²) in [7, 11) is 0. The van der Waals surface area contributed by atoms with Gasteiger partial charge in [0.25, 0.3) is 0 Å². The number of aliphatic hydroxyl groups excluding tert-OH is 1. The van der Waals surface area contributed by atoms with Crippen molar-refractivity contribution in [3.63, 3.8) is 0 Å². The number of fused-ring (bicyclic) bond motifs is 1. The molecule has 0 aromatic rings. The molecule has 3 rings (SSSR count). The number of nitrogens with one attached hydrogen (secondary N) is 1. The van der Waals surface area contributed by atoms with Crippen LogP contribution in [0.25, 0.3) is 0 Å². The van der Waals surface area contributed by atoms with Crippen molar-refractivity contribution in [3.8, 4) is 0 Å². The summed E-state index contributed by atoms with van der Waals surface area (Å²) in [6.45, 7) is 0.980. The summed E-state index contributed by atoms with van der Waals surface area (Å²) in [5.74, 6) is 0.229. The second-order valence-corrected chi connectivity index (χ2v) is 5.86. The lowest BCUT2D eigenvalue weighted by Gasteiger charge is -2.36. The van der Waals surface area contributed by atoms with E-state index in [0.29, 0.717) is 12.5 Å². The van der Waals surface area contributed by atoms with E-state index >= 15 is 0 Å². The fraction of sp³-hybridized carbons (Fsp3) is 0.923. The topological polar surface area (TPSA) is 52.6 Å². The van der Waals surface area contributed by atoms with E-state index < -0.39 is 0 Å². The fourth-order valence-electron chi connectivity index (χ4n) is 3.96. The number of hydrogen-bond acceptors (Lipinski definition) is 3. The summed E-state index contributed by atoms with van der Waals surface area (Å²) in [4.78, 5) is 14.0. The highest BCUT2D eigenvalue weighted by Crippen LogP contribution is 2.38. The minimum absolute atomic E-state index is 0.0937. The first kappa shape index (κ1) is 11.5. The third kappa shape index (κ3) is 1.78. The average molecular weight is 238 g/mol. The van der Waals surface area contributed by atoms with E-state index in [1.165, 1.54) is 25.7 Å². The summed E-state index contributed by atoms with van der Waals surface area (Å²) < 4.78 is 0. The Morgan fingerprint density at radius 1 is 1.29 bits per heavy atom. The number of nitrogens with zero attached hydrogens (tertiary/aromatic N) is 1. The average Bonchev–Trinajstić information content (AvgIpc) is 3.01. The van der Waals surface area contributed by atoms with Crippen LogP contribution in [0.3, 0.4) is 0 Å². The molecule has 0 aromatic heterocycles. The second-order valence-electron chi connectivity index (χ2n) is 5.86. The first-order chi connectivity index (χ1) is 8.25. The molecule has 2 atom stereocenters. The first-order valence-corrected chi connectivity index (χ1v) is 6.93. The molecule has 3 aliphatic rings. The van der Waals surface area contributed by atoms with Crippen LogP contribution in [-0.2, 0) is 4.79 Å². The minimum atomic E-state index is -0.345. The molecule has 4 nitrogen and oxygen atoms in total. The molecular formula is C13H22N2O2. The summed E-state index contributed by atoms with van der Waals surface area (Å²) in [6.07, 6.45) is 7.58. The molecule has 2 N–H and O–H groups in total.